The molecule has 1 amide bonds. The molecule has 1 aromatic carbocycles. The molecule has 0 aliphatic rings. The van der Waals surface area contributed by atoms with Gasteiger partial charge in [0.1, 0.15) is 5.75 Å². The fraction of sp³-hybridized carbons (Fsp3) is 0.273. The Morgan fingerprint density at radius 3 is 2.53 bits per heavy atom. The van der Waals surface area contributed by atoms with E-state index in [1.54, 1.807) is 0 Å². The van der Waals surface area contributed by atoms with Gasteiger partial charge in [-0.05, 0) is 12.1 Å². The van der Waals surface area contributed by atoms with Crippen molar-refractivity contribution in [2.75, 3.05) is 6.54 Å². The summed E-state index contributed by atoms with van der Waals surface area (Å²) in [6, 6.07) is 5.25. The number of amides is 1. The van der Waals surface area contributed by atoms with Gasteiger partial charge in [-0.2, -0.15) is 8.78 Å². The average molecular weight is 275 g/mol. The number of para-hydroxylation sites is 1. The number of carboxylic acids is 1. The van der Waals surface area contributed by atoms with Gasteiger partial charge in [0.25, 0.3) is 5.91 Å². The van der Waals surface area contributed by atoms with Crippen LogP contribution in [0.2, 0.25) is 0 Å². The molecule has 3 N–H and O–H groups in total. The lowest BCUT2D eigenvalue weighted by Gasteiger charge is -2.11. The smallest absolute Gasteiger partial charge is 0.387 e. The minimum atomic E-state index is -3.08. The monoisotopic (exact) mass is 275 g/mol. The number of alkyl halides is 2. The minimum absolute atomic E-state index is 0.180. The first-order chi connectivity index (χ1) is 8.91. The Hall–Kier alpha value is -2.22. The molecular formula is C11H11F2NO5. The van der Waals surface area contributed by atoms with Gasteiger partial charge in [-0.1, -0.05) is 12.1 Å². The average Bonchev–Trinajstić information content (AvgIpc) is 2.35. The molecule has 6 nitrogen and oxygen atoms in total. The molecule has 0 saturated heterocycles. The van der Waals surface area contributed by atoms with Crippen molar-refractivity contribution in [3.05, 3.63) is 29.8 Å². The van der Waals surface area contributed by atoms with Crippen LogP contribution >= 0.6 is 0 Å². The Balaban J connectivity index is 2.74. The molecule has 104 valence electrons. The summed E-state index contributed by atoms with van der Waals surface area (Å²) >= 11 is 0. The van der Waals surface area contributed by atoms with Crippen molar-refractivity contribution in [1.29, 1.82) is 0 Å². The number of hydrogen-bond acceptors (Lipinski definition) is 4. The molecule has 0 radical (unpaired) electrons. The topological polar surface area (TPSA) is 95.9 Å². The van der Waals surface area contributed by atoms with E-state index in [4.69, 9.17) is 10.2 Å². The van der Waals surface area contributed by atoms with E-state index < -0.39 is 31.1 Å². The molecule has 0 spiro atoms. The van der Waals surface area contributed by atoms with Crippen LogP contribution < -0.4 is 10.1 Å². The second kappa shape index (κ2) is 6.64. The van der Waals surface area contributed by atoms with Crippen LogP contribution in [0.15, 0.2) is 24.3 Å². The van der Waals surface area contributed by atoms with E-state index in [0.29, 0.717) is 0 Å². The third-order valence-electron chi connectivity index (χ3n) is 2.09. The number of carbonyl (C=O) groups is 2. The van der Waals surface area contributed by atoms with E-state index >= 15 is 0 Å². The second-order valence-corrected chi connectivity index (χ2v) is 3.44. The van der Waals surface area contributed by atoms with Crippen molar-refractivity contribution in [2.45, 2.75) is 12.7 Å². The number of benzene rings is 1. The summed E-state index contributed by atoms with van der Waals surface area (Å²) in [7, 11) is 0. The number of aliphatic carboxylic acids is 1. The Bertz CT molecular complexity index is 466. The predicted molar refractivity (Wildman–Crippen MR) is 59.0 cm³/mol. The number of rotatable bonds is 6. The van der Waals surface area contributed by atoms with Crippen LogP contribution in [0.5, 0.6) is 5.75 Å². The van der Waals surface area contributed by atoms with Crippen LogP contribution in [0.1, 0.15) is 10.4 Å². The lowest BCUT2D eigenvalue weighted by molar-refractivity contribution is -0.146. The number of hydrogen-bond donors (Lipinski definition) is 3. The molecule has 1 unspecified atom stereocenters. The summed E-state index contributed by atoms with van der Waals surface area (Å²) in [6.45, 7) is -3.63. The third kappa shape index (κ3) is 4.51. The van der Waals surface area contributed by atoms with Crippen molar-refractivity contribution in [3.63, 3.8) is 0 Å². The van der Waals surface area contributed by atoms with Gasteiger partial charge in [-0.15, -0.1) is 0 Å². The molecule has 1 rings (SSSR count). The molecule has 0 aliphatic carbocycles. The summed E-state index contributed by atoms with van der Waals surface area (Å²) in [6.07, 6.45) is -1.77. The predicted octanol–water partition coefficient (Wildman–Crippen LogP) is 0.463. The highest BCUT2D eigenvalue weighted by Crippen LogP contribution is 2.19. The Morgan fingerprint density at radius 2 is 1.95 bits per heavy atom. The molecule has 8 heteroatoms. The molecule has 1 aromatic rings. The first-order valence-electron chi connectivity index (χ1n) is 5.14. The molecule has 0 aliphatic heterocycles. The standard InChI is InChI=1S/C11H11F2NO5/c12-11(13)19-8-4-2-1-3-6(8)9(16)14-5-7(15)10(17)18/h1-4,7,11,15H,5H2,(H,14,16)(H,17,18). The number of aliphatic hydroxyl groups is 1. The number of carbonyl (C=O) groups excluding carboxylic acids is 1. The van der Waals surface area contributed by atoms with Crippen molar-refractivity contribution >= 4 is 11.9 Å². The highest BCUT2D eigenvalue weighted by Gasteiger charge is 2.18. The number of nitrogens with one attached hydrogen (secondary N) is 1. The Morgan fingerprint density at radius 1 is 1.32 bits per heavy atom. The van der Waals surface area contributed by atoms with Gasteiger partial charge in [-0.3, -0.25) is 4.79 Å². The first kappa shape index (κ1) is 14.8. The van der Waals surface area contributed by atoms with E-state index in [9.17, 15) is 18.4 Å². The molecule has 1 atom stereocenters. The molecule has 0 heterocycles. The van der Waals surface area contributed by atoms with Gasteiger partial charge in [0.05, 0.1) is 12.1 Å². The molecular weight excluding hydrogens is 264 g/mol. The number of aliphatic hydroxyl groups excluding tert-OH is 1. The van der Waals surface area contributed by atoms with Gasteiger partial charge in [0.15, 0.2) is 6.10 Å². The number of ether oxygens (including phenoxy) is 1. The summed E-state index contributed by atoms with van der Waals surface area (Å²) in [5.41, 5.74) is -0.180. The van der Waals surface area contributed by atoms with Crippen LogP contribution in [0.25, 0.3) is 0 Å². The number of halogens is 2. The first-order valence-corrected chi connectivity index (χ1v) is 5.14. The molecule has 0 bridgehead atoms. The van der Waals surface area contributed by atoms with Crippen molar-refractivity contribution in [3.8, 4) is 5.75 Å². The SMILES string of the molecule is O=C(NCC(O)C(=O)O)c1ccccc1OC(F)F. The Labute approximate surface area is 106 Å². The fourth-order valence-electron chi connectivity index (χ4n) is 1.22. The lowest BCUT2D eigenvalue weighted by atomic mass is 10.2. The largest absolute Gasteiger partial charge is 0.479 e. The van der Waals surface area contributed by atoms with E-state index in [-0.39, 0.29) is 11.3 Å². The van der Waals surface area contributed by atoms with Gasteiger partial charge < -0.3 is 20.3 Å². The molecule has 19 heavy (non-hydrogen) atoms. The highest BCUT2D eigenvalue weighted by molar-refractivity contribution is 5.97. The maximum atomic E-state index is 12.1. The zero-order valence-corrected chi connectivity index (χ0v) is 9.55. The van der Waals surface area contributed by atoms with Crippen LogP contribution in [-0.2, 0) is 4.79 Å². The zero-order chi connectivity index (χ0) is 14.4. The van der Waals surface area contributed by atoms with Gasteiger partial charge in [0.2, 0.25) is 0 Å². The lowest BCUT2D eigenvalue weighted by Crippen LogP contribution is -2.36. The summed E-state index contributed by atoms with van der Waals surface area (Å²) in [4.78, 5) is 22.0. The van der Waals surface area contributed by atoms with E-state index in [2.05, 4.69) is 10.1 Å². The summed E-state index contributed by atoms with van der Waals surface area (Å²) in [5, 5.41) is 19.5. The highest BCUT2D eigenvalue weighted by atomic mass is 19.3. The fourth-order valence-corrected chi connectivity index (χ4v) is 1.22. The molecule has 0 saturated carbocycles. The van der Waals surface area contributed by atoms with Crippen molar-refractivity contribution in [2.24, 2.45) is 0 Å². The van der Waals surface area contributed by atoms with Gasteiger partial charge >= 0.3 is 12.6 Å². The van der Waals surface area contributed by atoms with E-state index in [1.807, 2.05) is 0 Å². The van der Waals surface area contributed by atoms with Crippen molar-refractivity contribution < 1.29 is 33.3 Å². The number of carboxylic acid groups (broad SMARTS) is 1. The maximum absolute atomic E-state index is 12.1. The normalized spacial score (nSPS) is 12.0. The summed E-state index contributed by atoms with van der Waals surface area (Å²) in [5.74, 6) is -2.66. The van der Waals surface area contributed by atoms with Crippen LogP contribution in [0, 0.1) is 0 Å². The van der Waals surface area contributed by atoms with Crippen LogP contribution in [0.3, 0.4) is 0 Å². The molecule has 0 aromatic heterocycles. The second-order valence-electron chi connectivity index (χ2n) is 3.44. The molecule has 0 fully saturated rings. The van der Waals surface area contributed by atoms with Crippen LogP contribution in [0.4, 0.5) is 8.78 Å². The van der Waals surface area contributed by atoms with E-state index in [1.165, 1.54) is 24.3 Å². The van der Waals surface area contributed by atoms with Gasteiger partial charge in [-0.25, -0.2) is 4.79 Å². The van der Waals surface area contributed by atoms with E-state index in [0.717, 1.165) is 0 Å². The Kier molecular flexibility index (Phi) is 5.19. The minimum Gasteiger partial charge on any atom is -0.479 e. The van der Waals surface area contributed by atoms with Gasteiger partial charge in [0, 0.05) is 0 Å². The zero-order valence-electron chi connectivity index (χ0n) is 9.55. The quantitative estimate of drug-likeness (QED) is 0.701. The van der Waals surface area contributed by atoms with Crippen LogP contribution in [-0.4, -0.2) is 41.3 Å². The summed E-state index contributed by atoms with van der Waals surface area (Å²) < 4.78 is 28.4. The maximum Gasteiger partial charge on any atom is 0.387 e. The third-order valence-corrected chi connectivity index (χ3v) is 2.09. The van der Waals surface area contributed by atoms with Crippen molar-refractivity contribution in [1.82, 2.24) is 5.32 Å².